The van der Waals surface area contributed by atoms with Gasteiger partial charge in [0.15, 0.2) is 0 Å². The van der Waals surface area contributed by atoms with Crippen LogP contribution in [0, 0.1) is 5.92 Å². The number of benzene rings is 2. The van der Waals surface area contributed by atoms with E-state index < -0.39 is 0 Å². The van der Waals surface area contributed by atoms with Gasteiger partial charge < -0.3 is 20.9 Å². The van der Waals surface area contributed by atoms with Gasteiger partial charge in [0.25, 0.3) is 0 Å². The molecule has 3 amide bonds. The number of amides is 3. The van der Waals surface area contributed by atoms with Crippen molar-refractivity contribution in [2.45, 2.75) is 20.4 Å². The number of carbonyl (C=O) groups excluding carboxylic acids is 2. The molecule has 0 aromatic heterocycles. The summed E-state index contributed by atoms with van der Waals surface area (Å²) in [5, 5.41) is 8.43. The maximum atomic E-state index is 12.1. The van der Waals surface area contributed by atoms with Gasteiger partial charge in [-0.15, -0.1) is 0 Å². The van der Waals surface area contributed by atoms with Crippen LogP contribution in [0.1, 0.15) is 19.4 Å². The van der Waals surface area contributed by atoms with Gasteiger partial charge in [0, 0.05) is 43.6 Å². The first-order valence-electron chi connectivity index (χ1n) is 8.57. The number of hydrogen-bond donors (Lipinski definition) is 3. The van der Waals surface area contributed by atoms with E-state index in [2.05, 4.69) is 16.0 Å². The van der Waals surface area contributed by atoms with Gasteiger partial charge in [-0.3, -0.25) is 4.79 Å². The van der Waals surface area contributed by atoms with Gasteiger partial charge in [-0.05, 0) is 35.9 Å². The van der Waals surface area contributed by atoms with Gasteiger partial charge in [-0.2, -0.15) is 0 Å². The van der Waals surface area contributed by atoms with Crippen molar-refractivity contribution in [2.24, 2.45) is 5.92 Å². The average molecular weight is 354 g/mol. The van der Waals surface area contributed by atoms with E-state index in [0.717, 1.165) is 11.3 Å². The molecule has 0 spiro atoms. The molecule has 0 heterocycles. The molecule has 6 heteroatoms. The lowest BCUT2D eigenvalue weighted by Gasteiger charge is -2.14. The second kappa shape index (κ2) is 8.89. The second-order valence-corrected chi connectivity index (χ2v) is 6.60. The quantitative estimate of drug-likeness (QED) is 0.741. The summed E-state index contributed by atoms with van der Waals surface area (Å²) in [4.78, 5) is 25.9. The normalized spacial score (nSPS) is 10.3. The molecule has 2 aromatic carbocycles. The highest BCUT2D eigenvalue weighted by Crippen LogP contribution is 2.16. The monoisotopic (exact) mass is 354 g/mol. The van der Waals surface area contributed by atoms with E-state index in [1.807, 2.05) is 57.1 Å². The predicted molar refractivity (Wildman–Crippen MR) is 107 cm³/mol. The lowest BCUT2D eigenvalue weighted by molar-refractivity contribution is -0.118. The van der Waals surface area contributed by atoms with Crippen molar-refractivity contribution in [2.75, 3.05) is 29.6 Å². The molecule has 6 nitrogen and oxygen atoms in total. The SMILES string of the molecule is CC(C)C(=O)Nc1cccc(NC(=O)NCc2cccc(N(C)C)c2)c1. The molecule has 0 fully saturated rings. The molecule has 0 unspecified atom stereocenters. The van der Waals surface area contributed by atoms with Gasteiger partial charge in [-0.1, -0.05) is 32.0 Å². The zero-order valence-electron chi connectivity index (χ0n) is 15.7. The summed E-state index contributed by atoms with van der Waals surface area (Å²) >= 11 is 0. The summed E-state index contributed by atoms with van der Waals surface area (Å²) < 4.78 is 0. The first kappa shape index (κ1) is 19.3. The molecule has 0 aliphatic carbocycles. The van der Waals surface area contributed by atoms with Gasteiger partial charge in [0.1, 0.15) is 0 Å². The van der Waals surface area contributed by atoms with Crippen LogP contribution in [-0.2, 0) is 11.3 Å². The number of urea groups is 1. The van der Waals surface area contributed by atoms with E-state index in [0.29, 0.717) is 17.9 Å². The average Bonchev–Trinajstić information content (AvgIpc) is 2.60. The van der Waals surface area contributed by atoms with Crippen LogP contribution in [-0.4, -0.2) is 26.0 Å². The molecule has 0 radical (unpaired) electrons. The maximum absolute atomic E-state index is 12.1. The number of rotatable bonds is 6. The van der Waals surface area contributed by atoms with Crippen LogP contribution in [0.5, 0.6) is 0 Å². The molecule has 26 heavy (non-hydrogen) atoms. The highest BCUT2D eigenvalue weighted by atomic mass is 16.2. The number of nitrogens with one attached hydrogen (secondary N) is 3. The van der Waals surface area contributed by atoms with Crippen molar-refractivity contribution in [3.05, 3.63) is 54.1 Å². The van der Waals surface area contributed by atoms with Crippen LogP contribution in [0.2, 0.25) is 0 Å². The zero-order valence-corrected chi connectivity index (χ0v) is 15.7. The lowest BCUT2D eigenvalue weighted by Crippen LogP contribution is -2.28. The van der Waals surface area contributed by atoms with Crippen LogP contribution in [0.25, 0.3) is 0 Å². The minimum Gasteiger partial charge on any atom is -0.378 e. The fraction of sp³-hybridized carbons (Fsp3) is 0.300. The molecule has 0 saturated carbocycles. The number of carbonyl (C=O) groups is 2. The Morgan fingerprint density at radius 2 is 1.62 bits per heavy atom. The van der Waals surface area contributed by atoms with Crippen LogP contribution in [0.3, 0.4) is 0 Å². The van der Waals surface area contributed by atoms with E-state index in [1.54, 1.807) is 24.3 Å². The minimum absolute atomic E-state index is 0.0626. The highest BCUT2D eigenvalue weighted by Gasteiger charge is 2.08. The Labute approximate surface area is 154 Å². The van der Waals surface area contributed by atoms with Crippen LogP contribution in [0.4, 0.5) is 21.9 Å². The van der Waals surface area contributed by atoms with Gasteiger partial charge in [0.2, 0.25) is 5.91 Å². The standard InChI is InChI=1S/C20H26N4O2/c1-14(2)19(25)22-16-8-6-9-17(12-16)23-20(26)21-13-15-7-5-10-18(11-15)24(3)4/h5-12,14H,13H2,1-4H3,(H,22,25)(H2,21,23,26). The van der Waals surface area contributed by atoms with Crippen molar-refractivity contribution < 1.29 is 9.59 Å². The van der Waals surface area contributed by atoms with E-state index in [1.165, 1.54) is 0 Å². The fourth-order valence-corrected chi connectivity index (χ4v) is 2.26. The summed E-state index contributed by atoms with van der Waals surface area (Å²) in [6.45, 7) is 4.09. The third-order valence-electron chi connectivity index (χ3n) is 3.79. The molecule has 138 valence electrons. The Hall–Kier alpha value is -3.02. The van der Waals surface area contributed by atoms with E-state index in [4.69, 9.17) is 0 Å². The summed E-state index contributed by atoms with van der Waals surface area (Å²) in [6, 6.07) is 14.8. The summed E-state index contributed by atoms with van der Waals surface area (Å²) in [5.41, 5.74) is 3.37. The Kier molecular flexibility index (Phi) is 6.60. The van der Waals surface area contributed by atoms with Gasteiger partial charge >= 0.3 is 6.03 Å². The van der Waals surface area contributed by atoms with Crippen molar-refractivity contribution in [1.29, 1.82) is 0 Å². The van der Waals surface area contributed by atoms with Crippen LogP contribution >= 0.6 is 0 Å². The van der Waals surface area contributed by atoms with Gasteiger partial charge in [-0.25, -0.2) is 4.79 Å². The molecule has 3 N–H and O–H groups in total. The Bertz CT molecular complexity index is 772. The molecular weight excluding hydrogens is 328 g/mol. The molecule has 0 aliphatic heterocycles. The number of anilines is 3. The van der Waals surface area contributed by atoms with E-state index in [-0.39, 0.29) is 17.9 Å². The van der Waals surface area contributed by atoms with Gasteiger partial charge in [0.05, 0.1) is 0 Å². The van der Waals surface area contributed by atoms with Crippen molar-refractivity contribution in [1.82, 2.24) is 5.32 Å². The van der Waals surface area contributed by atoms with Crippen molar-refractivity contribution in [3.8, 4) is 0 Å². The number of hydrogen-bond acceptors (Lipinski definition) is 3. The second-order valence-electron chi connectivity index (χ2n) is 6.60. The van der Waals surface area contributed by atoms with Crippen LogP contribution in [0.15, 0.2) is 48.5 Å². The summed E-state index contributed by atoms with van der Waals surface area (Å²) in [6.07, 6.45) is 0. The Balaban J connectivity index is 1.91. The van der Waals surface area contributed by atoms with Crippen molar-refractivity contribution >= 4 is 29.0 Å². The molecular formula is C20H26N4O2. The molecule has 2 rings (SSSR count). The molecule has 0 atom stereocenters. The molecule has 0 saturated heterocycles. The summed E-state index contributed by atoms with van der Waals surface area (Å²) in [7, 11) is 3.95. The van der Waals surface area contributed by atoms with Crippen molar-refractivity contribution in [3.63, 3.8) is 0 Å². The van der Waals surface area contributed by atoms with Crippen LogP contribution < -0.4 is 20.9 Å². The fourth-order valence-electron chi connectivity index (χ4n) is 2.26. The number of nitrogens with zero attached hydrogens (tertiary/aromatic N) is 1. The topological polar surface area (TPSA) is 73.5 Å². The van der Waals surface area contributed by atoms with E-state index in [9.17, 15) is 9.59 Å². The third-order valence-corrected chi connectivity index (χ3v) is 3.79. The largest absolute Gasteiger partial charge is 0.378 e. The lowest BCUT2D eigenvalue weighted by atomic mass is 10.2. The first-order valence-corrected chi connectivity index (χ1v) is 8.57. The molecule has 2 aromatic rings. The molecule has 0 aliphatic rings. The van der Waals surface area contributed by atoms with E-state index >= 15 is 0 Å². The molecule has 0 bridgehead atoms. The predicted octanol–water partition coefficient (Wildman–Crippen LogP) is 3.67. The smallest absolute Gasteiger partial charge is 0.319 e. The Morgan fingerprint density at radius 1 is 0.962 bits per heavy atom. The zero-order chi connectivity index (χ0) is 19.1. The Morgan fingerprint density at radius 3 is 2.27 bits per heavy atom. The third kappa shape index (κ3) is 5.81. The minimum atomic E-state index is -0.299. The maximum Gasteiger partial charge on any atom is 0.319 e. The first-order chi connectivity index (χ1) is 12.3. The summed E-state index contributed by atoms with van der Waals surface area (Å²) in [5.74, 6) is -0.166. The highest BCUT2D eigenvalue weighted by molar-refractivity contribution is 5.94.